The average Bonchev–Trinajstić information content (AvgIpc) is 2.85. The van der Waals surface area contributed by atoms with Crippen molar-refractivity contribution in [1.29, 1.82) is 0 Å². The third-order valence-electron chi connectivity index (χ3n) is 7.24. The van der Waals surface area contributed by atoms with E-state index < -0.39 is 15.6 Å². The Labute approximate surface area is 206 Å². The normalized spacial score (nSPS) is 16.6. The maximum Gasteiger partial charge on any atom is 0.281 e. The number of benzene rings is 2. The van der Waals surface area contributed by atoms with E-state index in [0.29, 0.717) is 44.6 Å². The number of unbranched alkanes of at least 4 members (excludes halogenated alkanes) is 2. The zero-order chi connectivity index (χ0) is 24.6. The van der Waals surface area contributed by atoms with Crippen molar-refractivity contribution >= 4 is 16.0 Å². The Morgan fingerprint density at radius 3 is 2.09 bits per heavy atom. The molecule has 2 aromatic carbocycles. The second-order valence-electron chi connectivity index (χ2n) is 9.79. The molecule has 0 N–H and O–H groups in total. The van der Waals surface area contributed by atoms with Gasteiger partial charge in [0, 0.05) is 39.0 Å². The minimum Gasteiger partial charge on any atom is -0.299 e. The Balaban J connectivity index is 1.58. The van der Waals surface area contributed by atoms with Gasteiger partial charge in [-0.05, 0) is 61.6 Å². The lowest BCUT2D eigenvalue weighted by atomic mass is 9.70. The summed E-state index contributed by atoms with van der Waals surface area (Å²) in [5.74, 6) is 0.297. The standard InChI is InChI=1S/C28H40N2O3S/c1-4-24-15-17-25(18-16-24)11-7-6-10-14-27(31)28(23-26-12-8-5-9-13-26)19-21-30(22-20-28)34(32,33)29(2)3/h5,8-9,12-13,15-18H,4,6-7,10-11,14,19-23H2,1-3H3. The van der Waals surface area contributed by atoms with Crippen molar-refractivity contribution in [3.63, 3.8) is 0 Å². The highest BCUT2D eigenvalue weighted by Gasteiger charge is 2.43. The first-order valence-electron chi connectivity index (χ1n) is 12.6. The lowest BCUT2D eigenvalue weighted by Crippen LogP contribution is -2.50. The number of Topliss-reactive ketones (excluding diaryl/α,β-unsaturated/α-hetero) is 1. The van der Waals surface area contributed by atoms with Crippen molar-refractivity contribution in [1.82, 2.24) is 8.61 Å². The van der Waals surface area contributed by atoms with E-state index in [4.69, 9.17) is 0 Å². The summed E-state index contributed by atoms with van der Waals surface area (Å²) in [4.78, 5) is 13.5. The van der Waals surface area contributed by atoms with Crippen LogP contribution in [0.15, 0.2) is 54.6 Å². The van der Waals surface area contributed by atoms with Crippen LogP contribution in [0, 0.1) is 5.41 Å². The zero-order valence-corrected chi connectivity index (χ0v) is 21.8. The van der Waals surface area contributed by atoms with Crippen LogP contribution in [0.25, 0.3) is 0 Å². The molecule has 0 aliphatic carbocycles. The predicted octanol–water partition coefficient (Wildman–Crippen LogP) is 5.05. The minimum absolute atomic E-state index is 0.297. The third-order valence-corrected chi connectivity index (χ3v) is 9.19. The molecule has 2 aromatic rings. The molecule has 0 bridgehead atoms. The number of hydrogen-bond acceptors (Lipinski definition) is 3. The van der Waals surface area contributed by atoms with E-state index in [-0.39, 0.29) is 0 Å². The van der Waals surface area contributed by atoms with Crippen molar-refractivity contribution < 1.29 is 13.2 Å². The molecule has 186 valence electrons. The summed E-state index contributed by atoms with van der Waals surface area (Å²) < 4.78 is 28.0. The molecule has 0 aromatic heterocycles. The Kier molecular flexibility index (Phi) is 9.46. The zero-order valence-electron chi connectivity index (χ0n) is 21.0. The van der Waals surface area contributed by atoms with Crippen LogP contribution in [0.3, 0.4) is 0 Å². The van der Waals surface area contributed by atoms with E-state index in [1.807, 2.05) is 18.2 Å². The van der Waals surface area contributed by atoms with Gasteiger partial charge < -0.3 is 0 Å². The molecule has 0 amide bonds. The SMILES string of the molecule is CCc1ccc(CCCCCC(=O)C2(Cc3ccccc3)CCN(S(=O)(=O)N(C)C)CC2)cc1. The molecule has 1 aliphatic rings. The van der Waals surface area contributed by atoms with Crippen molar-refractivity contribution in [2.45, 2.75) is 64.7 Å². The molecule has 1 fully saturated rings. The van der Waals surface area contributed by atoms with Crippen molar-refractivity contribution in [2.24, 2.45) is 5.41 Å². The molecule has 3 rings (SSSR count). The van der Waals surface area contributed by atoms with Gasteiger partial charge in [-0.2, -0.15) is 17.0 Å². The molecular weight excluding hydrogens is 444 g/mol. The van der Waals surface area contributed by atoms with E-state index in [2.05, 4.69) is 43.3 Å². The Hall–Kier alpha value is -2.02. The van der Waals surface area contributed by atoms with E-state index >= 15 is 0 Å². The summed E-state index contributed by atoms with van der Waals surface area (Å²) in [6.45, 7) is 2.96. The molecule has 1 heterocycles. The molecule has 0 unspecified atom stereocenters. The Morgan fingerprint density at radius 1 is 0.882 bits per heavy atom. The van der Waals surface area contributed by atoms with Gasteiger partial charge in [-0.25, -0.2) is 0 Å². The van der Waals surface area contributed by atoms with Crippen LogP contribution in [-0.2, 0) is 34.3 Å². The number of hydrogen-bond donors (Lipinski definition) is 0. The maximum atomic E-state index is 13.5. The molecule has 6 heteroatoms. The summed E-state index contributed by atoms with van der Waals surface area (Å²) in [6, 6.07) is 19.0. The largest absolute Gasteiger partial charge is 0.299 e. The van der Waals surface area contributed by atoms with Gasteiger partial charge in [-0.1, -0.05) is 67.9 Å². The molecule has 5 nitrogen and oxygen atoms in total. The third kappa shape index (κ3) is 6.77. The second-order valence-corrected chi connectivity index (χ2v) is 11.9. The fourth-order valence-corrected chi connectivity index (χ4v) is 6.02. The number of nitrogens with zero attached hydrogens (tertiary/aromatic N) is 2. The average molecular weight is 485 g/mol. The molecule has 1 aliphatic heterocycles. The van der Waals surface area contributed by atoms with Gasteiger partial charge in [0.15, 0.2) is 0 Å². The smallest absolute Gasteiger partial charge is 0.281 e. The van der Waals surface area contributed by atoms with Crippen LogP contribution < -0.4 is 0 Å². The number of ketones is 1. The lowest BCUT2D eigenvalue weighted by molar-refractivity contribution is -0.131. The van der Waals surface area contributed by atoms with Crippen LogP contribution in [0.1, 0.15) is 62.1 Å². The monoisotopic (exact) mass is 484 g/mol. The summed E-state index contributed by atoms with van der Waals surface area (Å²) in [5.41, 5.74) is 3.40. The van der Waals surface area contributed by atoms with Gasteiger partial charge in [-0.3, -0.25) is 4.79 Å². The van der Waals surface area contributed by atoms with E-state index in [1.165, 1.54) is 19.7 Å². The van der Waals surface area contributed by atoms with E-state index in [1.54, 1.807) is 14.1 Å². The number of aryl methyl sites for hydroxylation is 2. The summed E-state index contributed by atoms with van der Waals surface area (Å²) in [5, 5.41) is 0. The first-order chi connectivity index (χ1) is 16.3. The highest BCUT2D eigenvalue weighted by molar-refractivity contribution is 7.86. The number of piperidine rings is 1. The lowest BCUT2D eigenvalue weighted by Gasteiger charge is -2.41. The van der Waals surface area contributed by atoms with Gasteiger partial charge in [0.25, 0.3) is 10.2 Å². The van der Waals surface area contributed by atoms with Crippen LogP contribution >= 0.6 is 0 Å². The summed E-state index contributed by atoms with van der Waals surface area (Å²) >= 11 is 0. The first-order valence-corrected chi connectivity index (χ1v) is 14.0. The highest BCUT2D eigenvalue weighted by Crippen LogP contribution is 2.38. The molecule has 1 saturated heterocycles. The van der Waals surface area contributed by atoms with Crippen molar-refractivity contribution in [3.05, 3.63) is 71.3 Å². The number of carbonyl (C=O) groups excluding carboxylic acids is 1. The number of carbonyl (C=O) groups is 1. The first kappa shape index (κ1) is 26.6. The Bertz CT molecular complexity index is 1010. The highest BCUT2D eigenvalue weighted by atomic mass is 32.2. The van der Waals surface area contributed by atoms with Crippen LogP contribution in [0.2, 0.25) is 0 Å². The van der Waals surface area contributed by atoms with Crippen LogP contribution in [-0.4, -0.2) is 50.0 Å². The van der Waals surface area contributed by atoms with Gasteiger partial charge in [0.05, 0.1) is 0 Å². The molecule has 0 atom stereocenters. The molecule has 0 radical (unpaired) electrons. The van der Waals surface area contributed by atoms with Gasteiger partial charge in [0.1, 0.15) is 5.78 Å². The van der Waals surface area contributed by atoms with Gasteiger partial charge in [-0.15, -0.1) is 0 Å². The number of rotatable bonds is 12. The van der Waals surface area contributed by atoms with E-state index in [9.17, 15) is 13.2 Å². The van der Waals surface area contributed by atoms with Gasteiger partial charge >= 0.3 is 0 Å². The minimum atomic E-state index is -3.45. The maximum absolute atomic E-state index is 13.5. The van der Waals surface area contributed by atoms with Gasteiger partial charge in [0.2, 0.25) is 0 Å². The predicted molar refractivity (Wildman–Crippen MR) is 139 cm³/mol. The van der Waals surface area contributed by atoms with Crippen molar-refractivity contribution in [3.8, 4) is 0 Å². The second kappa shape index (κ2) is 12.1. The fourth-order valence-electron chi connectivity index (χ4n) is 4.91. The molecule has 34 heavy (non-hydrogen) atoms. The fraction of sp³-hybridized carbons (Fsp3) is 0.536. The Morgan fingerprint density at radius 2 is 1.50 bits per heavy atom. The molecule has 0 spiro atoms. The summed E-state index contributed by atoms with van der Waals surface area (Å²) in [7, 11) is -0.329. The summed E-state index contributed by atoms with van der Waals surface area (Å²) in [6.07, 6.45) is 7.53. The molecular formula is C28H40N2O3S. The van der Waals surface area contributed by atoms with Crippen LogP contribution in [0.5, 0.6) is 0 Å². The molecule has 0 saturated carbocycles. The van der Waals surface area contributed by atoms with Crippen molar-refractivity contribution in [2.75, 3.05) is 27.2 Å². The quantitative estimate of drug-likeness (QED) is 0.396. The topological polar surface area (TPSA) is 57.7 Å². The van der Waals surface area contributed by atoms with Crippen LogP contribution in [0.4, 0.5) is 0 Å². The van der Waals surface area contributed by atoms with E-state index in [0.717, 1.165) is 37.7 Å².